The molecule has 0 radical (unpaired) electrons. The normalized spacial score (nSPS) is 10.6. The number of anilines is 1. The number of aromatic nitrogens is 1. The molecule has 2 aromatic carbocycles. The number of halogens is 1. The van der Waals surface area contributed by atoms with Gasteiger partial charge in [-0.2, -0.15) is 0 Å². The van der Waals surface area contributed by atoms with Crippen molar-refractivity contribution in [2.24, 2.45) is 0 Å². The van der Waals surface area contributed by atoms with Gasteiger partial charge in [0.05, 0.1) is 10.8 Å². The van der Waals surface area contributed by atoms with Crippen molar-refractivity contribution in [3.8, 4) is 0 Å². The first kappa shape index (κ1) is 14.9. The molecular weight excluding hydrogens is 316 g/mol. The highest BCUT2D eigenvalue weighted by atomic mass is 35.5. The lowest BCUT2D eigenvalue weighted by Crippen LogP contribution is -2.14. The van der Waals surface area contributed by atoms with Gasteiger partial charge in [-0.25, -0.2) is 4.98 Å². The molecule has 1 heterocycles. The van der Waals surface area contributed by atoms with Crippen LogP contribution in [0.5, 0.6) is 0 Å². The number of hydrogen-bond donors (Lipinski definition) is 1. The van der Waals surface area contributed by atoms with E-state index in [2.05, 4.69) is 34.6 Å². The van der Waals surface area contributed by atoms with Crippen LogP contribution in [-0.4, -0.2) is 16.6 Å². The van der Waals surface area contributed by atoms with E-state index in [0.717, 1.165) is 4.90 Å². The summed E-state index contributed by atoms with van der Waals surface area (Å²) in [4.78, 5) is 17.0. The number of rotatable bonds is 4. The lowest BCUT2D eigenvalue weighted by atomic mass is 10.1. The van der Waals surface area contributed by atoms with Crippen LogP contribution >= 0.6 is 23.4 Å². The monoisotopic (exact) mass is 328 g/mol. The number of hydrogen-bond acceptors (Lipinski definition) is 3. The maximum absolute atomic E-state index is 11.9. The quantitative estimate of drug-likeness (QED) is 0.711. The van der Waals surface area contributed by atoms with Crippen LogP contribution in [0.2, 0.25) is 5.02 Å². The Morgan fingerprint density at radius 1 is 1.09 bits per heavy atom. The lowest BCUT2D eigenvalue weighted by molar-refractivity contribution is -0.113. The second-order valence-electron chi connectivity index (χ2n) is 4.71. The predicted octanol–water partition coefficient (Wildman–Crippen LogP) is 4.62. The van der Waals surface area contributed by atoms with Crippen molar-refractivity contribution in [3.05, 3.63) is 65.8 Å². The van der Waals surface area contributed by atoms with Gasteiger partial charge in [0, 0.05) is 11.1 Å². The first-order valence-electron chi connectivity index (χ1n) is 6.74. The molecule has 0 saturated carbocycles. The van der Waals surface area contributed by atoms with Gasteiger partial charge >= 0.3 is 0 Å². The molecule has 0 unspecified atom stereocenters. The fraction of sp³-hybridized carbons (Fsp3) is 0.0588. The molecule has 0 saturated heterocycles. The van der Waals surface area contributed by atoms with Crippen LogP contribution in [0.3, 0.4) is 0 Å². The van der Waals surface area contributed by atoms with Gasteiger partial charge in [0.2, 0.25) is 5.91 Å². The van der Waals surface area contributed by atoms with Crippen LogP contribution in [0, 0.1) is 0 Å². The minimum Gasteiger partial charge on any atom is -0.310 e. The first-order valence-corrected chi connectivity index (χ1v) is 8.10. The van der Waals surface area contributed by atoms with Crippen molar-refractivity contribution in [3.63, 3.8) is 0 Å². The summed E-state index contributed by atoms with van der Waals surface area (Å²) in [6.45, 7) is 0. The number of fused-ring (bicyclic) bond motifs is 1. The molecule has 0 atom stereocenters. The zero-order chi connectivity index (χ0) is 15.4. The summed E-state index contributed by atoms with van der Waals surface area (Å²) in [5, 5.41) is 5.66. The molecule has 1 amide bonds. The second-order valence-corrected chi connectivity index (χ2v) is 6.19. The smallest absolute Gasteiger partial charge is 0.235 e. The highest BCUT2D eigenvalue weighted by molar-refractivity contribution is 8.00. The Morgan fingerprint density at radius 2 is 1.91 bits per heavy atom. The Bertz CT molecular complexity index is 805. The standard InChI is InChI=1S/C17H13ClN2OS/c18-14-6-8-16(19-10-14)20-17(21)11-22-15-7-5-12-3-1-2-4-13(12)9-15/h1-10H,11H2,(H,19,20,21). The van der Waals surface area contributed by atoms with Crippen LogP contribution in [-0.2, 0) is 4.79 Å². The maximum atomic E-state index is 11.9. The largest absolute Gasteiger partial charge is 0.310 e. The molecule has 3 aromatic rings. The van der Waals surface area contributed by atoms with Gasteiger partial charge in [-0.1, -0.05) is 41.9 Å². The molecule has 5 heteroatoms. The zero-order valence-electron chi connectivity index (χ0n) is 11.6. The fourth-order valence-corrected chi connectivity index (χ4v) is 2.89. The number of pyridine rings is 1. The first-order chi connectivity index (χ1) is 10.7. The third kappa shape index (κ3) is 3.78. The van der Waals surface area contributed by atoms with E-state index in [0.29, 0.717) is 16.6 Å². The molecule has 0 spiro atoms. The van der Waals surface area contributed by atoms with Gasteiger partial charge in [0.15, 0.2) is 0 Å². The summed E-state index contributed by atoms with van der Waals surface area (Å²) < 4.78 is 0. The van der Waals surface area contributed by atoms with Crippen molar-refractivity contribution in [1.29, 1.82) is 0 Å². The summed E-state index contributed by atoms with van der Waals surface area (Å²) in [5.41, 5.74) is 0. The summed E-state index contributed by atoms with van der Waals surface area (Å²) in [5.74, 6) is 0.754. The molecule has 0 aliphatic rings. The average molecular weight is 329 g/mol. The van der Waals surface area contributed by atoms with Crippen LogP contribution in [0.4, 0.5) is 5.82 Å². The summed E-state index contributed by atoms with van der Waals surface area (Å²) in [6, 6.07) is 17.7. The Morgan fingerprint density at radius 3 is 2.68 bits per heavy atom. The van der Waals surface area contributed by atoms with E-state index >= 15 is 0 Å². The van der Waals surface area contributed by atoms with Crippen LogP contribution < -0.4 is 5.32 Å². The van der Waals surface area contributed by atoms with Crippen molar-refractivity contribution >= 4 is 45.9 Å². The number of benzene rings is 2. The van der Waals surface area contributed by atoms with E-state index < -0.39 is 0 Å². The molecular formula is C17H13ClN2OS. The number of carbonyl (C=O) groups is 1. The maximum Gasteiger partial charge on any atom is 0.235 e. The number of thioether (sulfide) groups is 1. The average Bonchev–Trinajstić information content (AvgIpc) is 2.55. The zero-order valence-corrected chi connectivity index (χ0v) is 13.2. The third-order valence-electron chi connectivity index (χ3n) is 3.09. The van der Waals surface area contributed by atoms with E-state index in [1.54, 1.807) is 12.1 Å². The van der Waals surface area contributed by atoms with E-state index in [9.17, 15) is 4.79 Å². The molecule has 3 rings (SSSR count). The van der Waals surface area contributed by atoms with Crippen molar-refractivity contribution in [2.45, 2.75) is 4.90 Å². The van der Waals surface area contributed by atoms with E-state index in [4.69, 9.17) is 11.6 Å². The minimum absolute atomic E-state index is 0.0898. The second kappa shape index (κ2) is 6.81. The van der Waals surface area contributed by atoms with Crippen molar-refractivity contribution in [2.75, 3.05) is 11.1 Å². The molecule has 0 bridgehead atoms. The minimum atomic E-state index is -0.0898. The number of amides is 1. The third-order valence-corrected chi connectivity index (χ3v) is 4.30. The highest BCUT2D eigenvalue weighted by Gasteiger charge is 2.05. The molecule has 0 aliphatic carbocycles. The van der Waals surface area contributed by atoms with Crippen molar-refractivity contribution in [1.82, 2.24) is 4.98 Å². The van der Waals surface area contributed by atoms with Crippen molar-refractivity contribution < 1.29 is 4.79 Å². The van der Waals surface area contributed by atoms with E-state index in [1.807, 2.05) is 18.2 Å². The molecule has 22 heavy (non-hydrogen) atoms. The van der Waals surface area contributed by atoms with Gasteiger partial charge in [0.25, 0.3) is 0 Å². The number of nitrogens with one attached hydrogen (secondary N) is 1. The van der Waals surface area contributed by atoms with Crippen LogP contribution in [0.25, 0.3) is 10.8 Å². The molecule has 110 valence electrons. The highest BCUT2D eigenvalue weighted by Crippen LogP contribution is 2.23. The van der Waals surface area contributed by atoms with Gasteiger partial charge in [0.1, 0.15) is 5.82 Å². The molecule has 1 N–H and O–H groups in total. The molecule has 0 aliphatic heterocycles. The molecule has 1 aromatic heterocycles. The van der Waals surface area contributed by atoms with Crippen LogP contribution in [0.15, 0.2) is 65.7 Å². The van der Waals surface area contributed by atoms with Gasteiger partial charge in [-0.05, 0) is 35.0 Å². The summed E-state index contributed by atoms with van der Waals surface area (Å²) in [7, 11) is 0. The topological polar surface area (TPSA) is 42.0 Å². The van der Waals surface area contributed by atoms with E-state index in [-0.39, 0.29) is 5.91 Å². The molecule has 3 nitrogen and oxygen atoms in total. The molecule has 0 fully saturated rings. The number of nitrogens with zero attached hydrogens (tertiary/aromatic N) is 1. The SMILES string of the molecule is O=C(CSc1ccc2ccccc2c1)Nc1ccc(Cl)cn1. The van der Waals surface area contributed by atoms with E-state index in [1.165, 1.54) is 28.7 Å². The summed E-state index contributed by atoms with van der Waals surface area (Å²) >= 11 is 7.26. The Kier molecular flexibility index (Phi) is 4.61. The van der Waals surface area contributed by atoms with Gasteiger partial charge < -0.3 is 5.32 Å². The number of carbonyl (C=O) groups excluding carboxylic acids is 1. The summed E-state index contributed by atoms with van der Waals surface area (Å²) in [6.07, 6.45) is 1.51. The predicted molar refractivity (Wildman–Crippen MR) is 92.5 cm³/mol. The fourth-order valence-electron chi connectivity index (χ4n) is 2.03. The lowest BCUT2D eigenvalue weighted by Gasteiger charge is -2.05. The van der Waals surface area contributed by atoms with Crippen LogP contribution in [0.1, 0.15) is 0 Å². The van der Waals surface area contributed by atoms with Gasteiger partial charge in [-0.3, -0.25) is 4.79 Å². The van der Waals surface area contributed by atoms with Gasteiger partial charge in [-0.15, -0.1) is 11.8 Å². The Balaban J connectivity index is 1.60. The Hall–Kier alpha value is -2.04. The Labute approximate surface area is 137 Å².